The van der Waals surface area contributed by atoms with Crippen molar-refractivity contribution in [1.82, 2.24) is 0 Å². The lowest BCUT2D eigenvalue weighted by Crippen LogP contribution is -2.15. The lowest BCUT2D eigenvalue weighted by Gasteiger charge is -2.16. The molecule has 2 heterocycles. The van der Waals surface area contributed by atoms with E-state index in [1.54, 1.807) is 0 Å². The van der Waals surface area contributed by atoms with Crippen LogP contribution in [0.15, 0.2) is 51.3 Å². The molecule has 0 radical (unpaired) electrons. The summed E-state index contributed by atoms with van der Waals surface area (Å²) in [4.78, 5) is 9.70. The average Bonchev–Trinajstić information content (AvgIpc) is 2.97. The number of allylic oxidation sites excluding steroid dienone is 1. The minimum atomic E-state index is 0.988. The highest BCUT2D eigenvalue weighted by Crippen LogP contribution is 2.52. The van der Waals surface area contributed by atoms with Crippen LogP contribution in [0.3, 0.4) is 0 Å². The summed E-state index contributed by atoms with van der Waals surface area (Å²) in [6, 6.07) is 10.0. The summed E-state index contributed by atoms with van der Waals surface area (Å²) < 4.78 is 0. The fourth-order valence-corrected chi connectivity index (χ4v) is 4.94. The highest BCUT2D eigenvalue weighted by atomic mass is 32.2. The molecule has 1 aromatic heterocycles. The first-order valence-corrected chi connectivity index (χ1v) is 8.68. The lowest BCUT2D eigenvalue weighted by atomic mass is 10.3. The van der Waals surface area contributed by atoms with Crippen LogP contribution < -0.4 is 4.90 Å². The number of hydrogen-bond acceptors (Lipinski definition) is 4. The zero-order valence-corrected chi connectivity index (χ0v) is 14.1. The van der Waals surface area contributed by atoms with Gasteiger partial charge in [-0.05, 0) is 44.5 Å². The van der Waals surface area contributed by atoms with Gasteiger partial charge in [-0.25, -0.2) is 0 Å². The molecular formula is C17H18N2S2. The van der Waals surface area contributed by atoms with E-state index in [0.717, 1.165) is 12.2 Å². The number of anilines is 1. The van der Waals surface area contributed by atoms with Crippen molar-refractivity contribution >= 4 is 40.0 Å². The molecule has 0 spiro atoms. The van der Waals surface area contributed by atoms with Crippen LogP contribution in [0.25, 0.3) is 0 Å². The Morgan fingerprint density at radius 2 is 1.95 bits per heavy atom. The van der Waals surface area contributed by atoms with Crippen molar-refractivity contribution < 1.29 is 0 Å². The molecule has 3 rings (SSSR count). The topological polar surface area (TPSA) is 15.6 Å². The van der Waals surface area contributed by atoms with E-state index in [4.69, 9.17) is 0 Å². The molecule has 1 aliphatic heterocycles. The van der Waals surface area contributed by atoms with Crippen molar-refractivity contribution in [1.29, 1.82) is 0 Å². The molecule has 0 fully saturated rings. The Morgan fingerprint density at radius 3 is 2.67 bits per heavy atom. The largest absolute Gasteiger partial charge is 0.327 e. The lowest BCUT2D eigenvalue weighted by molar-refractivity contribution is 1.02. The van der Waals surface area contributed by atoms with Gasteiger partial charge in [-0.1, -0.05) is 30.0 Å². The summed E-state index contributed by atoms with van der Waals surface area (Å²) in [7, 11) is 0. The quantitative estimate of drug-likeness (QED) is 0.691. The third-order valence-electron chi connectivity index (χ3n) is 3.54. The van der Waals surface area contributed by atoms with Crippen LogP contribution in [0.1, 0.15) is 17.4 Å². The molecular weight excluding hydrogens is 296 g/mol. The molecule has 0 N–H and O–H groups in total. The summed E-state index contributed by atoms with van der Waals surface area (Å²) in [5.41, 5.74) is 2.41. The van der Waals surface area contributed by atoms with Crippen molar-refractivity contribution in [3.63, 3.8) is 0 Å². The Bertz CT molecular complexity index is 699. The summed E-state index contributed by atoms with van der Waals surface area (Å²) in [5.74, 6) is 0. The van der Waals surface area contributed by atoms with Crippen LogP contribution in [-0.4, -0.2) is 12.8 Å². The number of rotatable bonds is 3. The number of benzene rings is 1. The highest BCUT2D eigenvalue weighted by Gasteiger charge is 2.28. The van der Waals surface area contributed by atoms with Gasteiger partial charge in [0.1, 0.15) is 5.00 Å². The maximum Gasteiger partial charge on any atom is 0.111 e. The van der Waals surface area contributed by atoms with Crippen LogP contribution >= 0.6 is 23.1 Å². The van der Waals surface area contributed by atoms with Gasteiger partial charge in [0.15, 0.2) is 0 Å². The second kappa shape index (κ2) is 6.08. The number of nitrogens with zero attached hydrogens (tertiary/aromatic N) is 2. The van der Waals surface area contributed by atoms with Crippen molar-refractivity contribution in [2.45, 2.75) is 25.7 Å². The molecule has 0 unspecified atom stereocenters. The van der Waals surface area contributed by atoms with Gasteiger partial charge in [0, 0.05) is 17.6 Å². The van der Waals surface area contributed by atoms with Crippen LogP contribution in [0.4, 0.5) is 10.7 Å². The molecule has 1 aromatic carbocycles. The molecule has 0 atom stereocenters. The number of thiophene rings is 1. The molecule has 1 aliphatic rings. The zero-order chi connectivity index (χ0) is 14.8. The van der Waals surface area contributed by atoms with E-state index in [0.29, 0.717) is 0 Å². The predicted molar refractivity (Wildman–Crippen MR) is 95.3 cm³/mol. The number of hydrogen-bond donors (Lipinski definition) is 0. The van der Waals surface area contributed by atoms with Crippen LogP contribution in [0, 0.1) is 13.8 Å². The molecule has 0 aliphatic carbocycles. The fraction of sp³-hybridized carbons (Fsp3) is 0.235. The summed E-state index contributed by atoms with van der Waals surface area (Å²) in [6.45, 7) is 7.60. The van der Waals surface area contributed by atoms with Crippen molar-refractivity contribution in [2.24, 2.45) is 4.99 Å². The number of fused-ring (bicyclic) bond motifs is 1. The minimum Gasteiger partial charge on any atom is -0.327 e. The number of thioether (sulfide) groups is 1. The average molecular weight is 314 g/mol. The first-order chi connectivity index (χ1) is 10.2. The summed E-state index contributed by atoms with van der Waals surface area (Å²) in [6.07, 6.45) is 4.02. The second-order valence-electron chi connectivity index (χ2n) is 4.88. The molecule has 2 aromatic rings. The predicted octanol–water partition coefficient (Wildman–Crippen LogP) is 5.54. The molecule has 108 valence electrons. The number of aryl methyl sites for hydroxylation is 1. The van der Waals surface area contributed by atoms with Gasteiger partial charge < -0.3 is 4.90 Å². The van der Waals surface area contributed by atoms with Crippen molar-refractivity contribution in [3.05, 3.63) is 51.9 Å². The second-order valence-corrected chi connectivity index (χ2v) is 7.12. The first kappa shape index (κ1) is 14.4. The molecule has 0 saturated carbocycles. The van der Waals surface area contributed by atoms with Gasteiger partial charge in [0.05, 0.1) is 15.6 Å². The Labute approximate surface area is 134 Å². The van der Waals surface area contributed by atoms with Gasteiger partial charge in [0.25, 0.3) is 0 Å². The van der Waals surface area contributed by atoms with Gasteiger partial charge in [-0.3, -0.25) is 4.99 Å². The van der Waals surface area contributed by atoms with Crippen molar-refractivity contribution in [2.75, 3.05) is 11.4 Å². The van der Waals surface area contributed by atoms with Gasteiger partial charge in [-0.15, -0.1) is 11.3 Å². The van der Waals surface area contributed by atoms with Crippen LogP contribution in [0.2, 0.25) is 0 Å². The van der Waals surface area contributed by atoms with Crippen molar-refractivity contribution in [3.8, 4) is 0 Å². The summed E-state index contributed by atoms with van der Waals surface area (Å²) in [5, 5.41) is 2.65. The van der Waals surface area contributed by atoms with E-state index in [-0.39, 0.29) is 0 Å². The monoisotopic (exact) mass is 314 g/mol. The Balaban J connectivity index is 1.84. The fourth-order valence-electron chi connectivity index (χ4n) is 2.27. The van der Waals surface area contributed by atoms with Crippen LogP contribution in [-0.2, 0) is 0 Å². The van der Waals surface area contributed by atoms with E-state index in [2.05, 4.69) is 36.7 Å². The van der Waals surface area contributed by atoms with E-state index in [1.807, 2.05) is 59.6 Å². The van der Waals surface area contributed by atoms with Gasteiger partial charge in [0.2, 0.25) is 0 Å². The van der Waals surface area contributed by atoms with E-state index < -0.39 is 0 Å². The standard InChI is InChI=1S/C17H18N2S2/c1-4-19-15(10-11-18-14-8-6-5-7-9-14)21-16-12(2)13(3)20-17(16)19/h5-11H,4H2,1-3H3/b15-10+,18-11?. The smallest absolute Gasteiger partial charge is 0.111 e. The Morgan fingerprint density at radius 1 is 1.19 bits per heavy atom. The third-order valence-corrected chi connectivity index (χ3v) is 6.17. The number of para-hydroxylation sites is 1. The molecule has 0 amide bonds. The van der Waals surface area contributed by atoms with Gasteiger partial charge >= 0.3 is 0 Å². The molecule has 0 saturated heterocycles. The zero-order valence-electron chi connectivity index (χ0n) is 12.5. The normalized spacial score (nSPS) is 16.1. The van der Waals surface area contributed by atoms with E-state index in [1.165, 1.54) is 25.4 Å². The molecule has 21 heavy (non-hydrogen) atoms. The van der Waals surface area contributed by atoms with E-state index in [9.17, 15) is 0 Å². The van der Waals surface area contributed by atoms with E-state index >= 15 is 0 Å². The maximum absolute atomic E-state index is 4.49. The minimum absolute atomic E-state index is 0.988. The third kappa shape index (κ3) is 2.78. The molecule has 2 nitrogen and oxygen atoms in total. The molecule has 4 heteroatoms. The first-order valence-electron chi connectivity index (χ1n) is 7.05. The van der Waals surface area contributed by atoms with Crippen LogP contribution in [0.5, 0.6) is 0 Å². The number of aliphatic imine (C=N–C) groups is 1. The Hall–Kier alpha value is -1.52. The highest BCUT2D eigenvalue weighted by molar-refractivity contribution is 8.04. The molecule has 0 bridgehead atoms. The summed E-state index contributed by atoms with van der Waals surface area (Å²) >= 11 is 3.75. The Kier molecular flexibility index (Phi) is 4.17. The SMILES string of the molecule is CCN1/C(=C\C=Nc2ccccc2)Sc2c1sc(C)c2C. The maximum atomic E-state index is 4.49. The van der Waals surface area contributed by atoms with Gasteiger partial charge in [-0.2, -0.15) is 0 Å².